The average molecular weight is 264 g/mol. The fourth-order valence-electron chi connectivity index (χ4n) is 1.66. The molecule has 0 radical (unpaired) electrons. The molecule has 0 spiro atoms. The van der Waals surface area contributed by atoms with Crippen LogP contribution < -0.4 is 5.73 Å². The lowest BCUT2D eigenvalue weighted by molar-refractivity contribution is -0.133. The molecule has 0 unspecified atom stereocenters. The molecular formula is C11H12N4O2S. The van der Waals surface area contributed by atoms with E-state index in [1.54, 1.807) is 23.3 Å². The van der Waals surface area contributed by atoms with Crippen LogP contribution >= 0.6 is 11.3 Å². The molecular weight excluding hydrogens is 252 g/mol. The van der Waals surface area contributed by atoms with E-state index in [4.69, 9.17) is 15.2 Å². The number of aromatic nitrogens is 3. The molecule has 0 aromatic carbocycles. The number of hydrogen-bond acceptors (Lipinski definition) is 6. The van der Waals surface area contributed by atoms with Gasteiger partial charge in [-0.15, -0.1) is 11.3 Å². The molecule has 0 amide bonds. The van der Waals surface area contributed by atoms with E-state index >= 15 is 0 Å². The topological polar surface area (TPSA) is 75.2 Å². The second-order valence-corrected chi connectivity index (χ2v) is 5.17. The molecule has 18 heavy (non-hydrogen) atoms. The first-order valence-electron chi connectivity index (χ1n) is 5.39. The van der Waals surface area contributed by atoms with Crippen LogP contribution in [0, 0.1) is 0 Å². The normalized spacial score (nSPS) is 16.5. The number of thiazole rings is 1. The van der Waals surface area contributed by atoms with Crippen LogP contribution in [0.4, 0.5) is 5.69 Å². The Bertz CT molecular complexity index is 581. The first-order chi connectivity index (χ1) is 8.66. The van der Waals surface area contributed by atoms with Gasteiger partial charge in [-0.3, -0.25) is 4.68 Å². The molecule has 3 rings (SSSR count). The fourth-order valence-corrected chi connectivity index (χ4v) is 2.60. The van der Waals surface area contributed by atoms with E-state index in [1.807, 2.05) is 6.92 Å². The second kappa shape index (κ2) is 4.02. The summed E-state index contributed by atoms with van der Waals surface area (Å²) in [5.41, 5.74) is 6.27. The van der Waals surface area contributed by atoms with Gasteiger partial charge < -0.3 is 15.2 Å². The predicted molar refractivity (Wildman–Crippen MR) is 66.5 cm³/mol. The van der Waals surface area contributed by atoms with Crippen molar-refractivity contribution >= 4 is 17.0 Å². The minimum Gasteiger partial charge on any atom is -0.451 e. The monoisotopic (exact) mass is 264 g/mol. The Morgan fingerprint density at radius 2 is 2.17 bits per heavy atom. The van der Waals surface area contributed by atoms with E-state index in [0.717, 1.165) is 9.88 Å². The molecule has 0 fully saturated rings. The van der Waals surface area contributed by atoms with Crippen molar-refractivity contribution in [2.75, 3.05) is 5.73 Å². The predicted octanol–water partition coefficient (Wildman–Crippen LogP) is 1.66. The average Bonchev–Trinajstić information content (AvgIpc) is 3.02. The van der Waals surface area contributed by atoms with Crippen molar-refractivity contribution in [1.82, 2.24) is 14.8 Å². The molecule has 3 heterocycles. The Balaban J connectivity index is 1.77. The van der Waals surface area contributed by atoms with E-state index in [2.05, 4.69) is 10.1 Å². The smallest absolute Gasteiger partial charge is 0.300 e. The maximum absolute atomic E-state index is 5.61. The van der Waals surface area contributed by atoms with Gasteiger partial charge in [-0.05, 0) is 0 Å². The molecule has 94 valence electrons. The van der Waals surface area contributed by atoms with E-state index < -0.39 is 5.79 Å². The van der Waals surface area contributed by atoms with Crippen LogP contribution in [0.15, 0.2) is 31.1 Å². The molecule has 0 aliphatic carbocycles. The van der Waals surface area contributed by atoms with Crippen molar-refractivity contribution in [3.8, 4) is 0 Å². The van der Waals surface area contributed by atoms with Gasteiger partial charge in [0.1, 0.15) is 12.5 Å². The number of nitrogen functional groups attached to an aromatic ring is 1. The molecule has 0 saturated carbocycles. The van der Waals surface area contributed by atoms with Gasteiger partial charge in [0.25, 0.3) is 0 Å². The van der Waals surface area contributed by atoms with Crippen LogP contribution in [-0.4, -0.2) is 14.8 Å². The lowest BCUT2D eigenvalue weighted by atomic mass is 10.3. The van der Waals surface area contributed by atoms with Crippen molar-refractivity contribution < 1.29 is 9.47 Å². The highest BCUT2D eigenvalue weighted by molar-refractivity contribution is 7.11. The third-order valence-corrected chi connectivity index (χ3v) is 3.72. The van der Waals surface area contributed by atoms with E-state index in [0.29, 0.717) is 12.2 Å². The summed E-state index contributed by atoms with van der Waals surface area (Å²) in [5, 5.41) is 4.91. The van der Waals surface area contributed by atoms with Crippen molar-refractivity contribution in [2.24, 2.45) is 0 Å². The summed E-state index contributed by atoms with van der Waals surface area (Å²) in [6, 6.07) is 0. The zero-order valence-corrected chi connectivity index (χ0v) is 10.6. The third kappa shape index (κ3) is 1.92. The Morgan fingerprint density at radius 1 is 1.39 bits per heavy atom. The first-order valence-corrected chi connectivity index (χ1v) is 6.21. The first kappa shape index (κ1) is 11.1. The highest BCUT2D eigenvalue weighted by atomic mass is 32.1. The third-order valence-electron chi connectivity index (χ3n) is 2.55. The summed E-state index contributed by atoms with van der Waals surface area (Å²) in [7, 11) is 0. The Hall–Kier alpha value is -2.02. The summed E-state index contributed by atoms with van der Waals surface area (Å²) >= 11 is 1.53. The molecule has 2 aromatic heterocycles. The number of anilines is 1. The van der Waals surface area contributed by atoms with Gasteiger partial charge >= 0.3 is 5.79 Å². The van der Waals surface area contributed by atoms with Crippen LogP contribution in [0.25, 0.3) is 0 Å². The van der Waals surface area contributed by atoms with Gasteiger partial charge in [0, 0.05) is 24.2 Å². The maximum Gasteiger partial charge on any atom is 0.300 e. The Morgan fingerprint density at radius 3 is 2.83 bits per heavy atom. The number of nitrogens with zero attached hydrogens (tertiary/aromatic N) is 3. The molecule has 0 atom stereocenters. The Kier molecular flexibility index (Phi) is 2.48. The molecule has 7 heteroatoms. The highest BCUT2D eigenvalue weighted by Gasteiger charge is 2.35. The standard InChI is InChI=1S/C11H12N4O2S/c1-11(16-2-3-17-11)10-13-5-9(18-10)7-15-6-8(12)4-14-15/h2-6H,7,12H2,1H3. The van der Waals surface area contributed by atoms with Crippen LogP contribution in [-0.2, 0) is 21.8 Å². The van der Waals surface area contributed by atoms with Gasteiger partial charge in [-0.2, -0.15) is 5.10 Å². The van der Waals surface area contributed by atoms with Crippen LogP contribution in [0.2, 0.25) is 0 Å². The maximum atomic E-state index is 5.61. The Labute approximate surface area is 108 Å². The van der Waals surface area contributed by atoms with E-state index in [9.17, 15) is 0 Å². The molecule has 2 N–H and O–H groups in total. The SMILES string of the molecule is CC1(c2ncc(Cn3cc(N)cn3)s2)OC=CO1. The van der Waals surface area contributed by atoms with E-state index in [-0.39, 0.29) is 0 Å². The molecule has 6 nitrogen and oxygen atoms in total. The minimum absolute atomic E-state index is 0.637. The second-order valence-electron chi connectivity index (χ2n) is 4.06. The highest BCUT2D eigenvalue weighted by Crippen LogP contribution is 2.34. The van der Waals surface area contributed by atoms with Gasteiger partial charge in [-0.1, -0.05) is 0 Å². The van der Waals surface area contributed by atoms with Crippen molar-refractivity contribution in [3.05, 3.63) is 41.0 Å². The van der Waals surface area contributed by atoms with E-state index in [1.165, 1.54) is 23.9 Å². The summed E-state index contributed by atoms with van der Waals surface area (Å²) in [6.45, 7) is 2.47. The van der Waals surface area contributed by atoms with Crippen LogP contribution in [0.5, 0.6) is 0 Å². The van der Waals surface area contributed by atoms with Crippen molar-refractivity contribution in [1.29, 1.82) is 0 Å². The summed E-state index contributed by atoms with van der Waals surface area (Å²) in [6.07, 6.45) is 8.25. The van der Waals surface area contributed by atoms with Crippen LogP contribution in [0.3, 0.4) is 0 Å². The molecule has 0 saturated heterocycles. The molecule has 1 aliphatic heterocycles. The quantitative estimate of drug-likeness (QED) is 0.912. The lowest BCUT2D eigenvalue weighted by Gasteiger charge is -2.19. The van der Waals surface area contributed by atoms with Gasteiger partial charge in [0.05, 0.1) is 18.4 Å². The number of rotatable bonds is 3. The zero-order chi connectivity index (χ0) is 12.6. The fraction of sp³-hybridized carbons (Fsp3) is 0.273. The lowest BCUT2D eigenvalue weighted by Crippen LogP contribution is -2.21. The minimum atomic E-state index is -0.800. The van der Waals surface area contributed by atoms with Crippen molar-refractivity contribution in [3.63, 3.8) is 0 Å². The van der Waals surface area contributed by atoms with Crippen LogP contribution in [0.1, 0.15) is 16.8 Å². The van der Waals surface area contributed by atoms with Crippen molar-refractivity contribution in [2.45, 2.75) is 19.3 Å². The molecule has 2 aromatic rings. The summed E-state index contributed by atoms with van der Waals surface area (Å²) < 4.78 is 12.6. The molecule has 0 bridgehead atoms. The summed E-state index contributed by atoms with van der Waals surface area (Å²) in [4.78, 5) is 5.39. The van der Waals surface area contributed by atoms with Gasteiger partial charge in [0.2, 0.25) is 0 Å². The molecule has 1 aliphatic rings. The largest absolute Gasteiger partial charge is 0.451 e. The number of hydrogen-bond donors (Lipinski definition) is 1. The number of ether oxygens (including phenoxy) is 2. The number of nitrogens with two attached hydrogens (primary N) is 1. The zero-order valence-electron chi connectivity index (χ0n) is 9.74. The summed E-state index contributed by atoms with van der Waals surface area (Å²) in [5.74, 6) is -0.800. The van der Waals surface area contributed by atoms with Gasteiger partial charge in [0.15, 0.2) is 5.01 Å². The van der Waals surface area contributed by atoms with Gasteiger partial charge in [-0.25, -0.2) is 4.98 Å².